The lowest BCUT2D eigenvalue weighted by Crippen LogP contribution is -2.15. The smallest absolute Gasteiger partial charge is 0.226 e. The predicted molar refractivity (Wildman–Crippen MR) is 108 cm³/mol. The van der Waals surface area contributed by atoms with E-state index in [0.29, 0.717) is 18.1 Å². The van der Waals surface area contributed by atoms with Crippen LogP contribution in [-0.4, -0.2) is 24.5 Å². The number of ether oxygens (including phenoxy) is 1. The van der Waals surface area contributed by atoms with Crippen molar-refractivity contribution in [1.29, 1.82) is 0 Å². The van der Waals surface area contributed by atoms with E-state index in [0.717, 1.165) is 30.7 Å². The highest BCUT2D eigenvalue weighted by Crippen LogP contribution is 2.34. The zero-order chi connectivity index (χ0) is 19.2. The van der Waals surface area contributed by atoms with Crippen molar-refractivity contribution in [3.8, 4) is 5.75 Å². The third-order valence-electron chi connectivity index (χ3n) is 4.04. The molecule has 1 amide bonds. The normalized spacial score (nSPS) is 11.4. The third-order valence-corrected chi connectivity index (χ3v) is 5.01. The van der Waals surface area contributed by atoms with Gasteiger partial charge in [0.2, 0.25) is 5.91 Å². The highest BCUT2D eigenvalue weighted by atomic mass is 32.1. The molecule has 0 spiro atoms. The number of unbranched alkanes of at least 4 members (excludes halogenated alkanes) is 1. The molecule has 2 rings (SSSR count). The van der Waals surface area contributed by atoms with Crippen molar-refractivity contribution in [1.82, 2.24) is 4.98 Å². The zero-order valence-electron chi connectivity index (χ0n) is 16.1. The first-order chi connectivity index (χ1) is 12.3. The number of amides is 1. The van der Waals surface area contributed by atoms with Gasteiger partial charge in [0.15, 0.2) is 5.13 Å². The molecule has 0 fully saturated rings. The van der Waals surface area contributed by atoms with Crippen LogP contribution in [0.1, 0.15) is 56.2 Å². The number of anilines is 1. The summed E-state index contributed by atoms with van der Waals surface area (Å²) in [4.78, 5) is 18.0. The van der Waals surface area contributed by atoms with E-state index in [1.165, 1.54) is 10.4 Å². The van der Waals surface area contributed by atoms with Gasteiger partial charge in [-0.05, 0) is 37.1 Å². The predicted octanol–water partition coefficient (Wildman–Crippen LogP) is 4.11. The molecule has 0 radical (unpaired) electrons. The fourth-order valence-electron chi connectivity index (χ4n) is 2.65. The number of carbonyl (C=O) groups excluding carboxylic acids is 1. The largest absolute Gasteiger partial charge is 0.497 e. The Morgan fingerprint density at radius 3 is 2.50 bits per heavy atom. The summed E-state index contributed by atoms with van der Waals surface area (Å²) in [6.07, 6.45) is 2.94. The number of aromatic nitrogens is 1. The van der Waals surface area contributed by atoms with Gasteiger partial charge in [-0.15, -0.1) is 11.3 Å². The summed E-state index contributed by atoms with van der Waals surface area (Å²) in [5, 5.41) is 3.62. The van der Waals surface area contributed by atoms with Crippen molar-refractivity contribution in [2.24, 2.45) is 5.73 Å². The summed E-state index contributed by atoms with van der Waals surface area (Å²) in [6, 6.07) is 8.06. The maximum Gasteiger partial charge on any atom is 0.226 e. The minimum Gasteiger partial charge on any atom is -0.497 e. The van der Waals surface area contributed by atoms with E-state index in [-0.39, 0.29) is 11.3 Å². The number of hydrogen-bond acceptors (Lipinski definition) is 5. The van der Waals surface area contributed by atoms with E-state index in [1.54, 1.807) is 18.4 Å². The number of carbonyl (C=O) groups is 1. The van der Waals surface area contributed by atoms with Gasteiger partial charge in [0.25, 0.3) is 0 Å². The average Bonchev–Trinajstić information content (AvgIpc) is 2.98. The fraction of sp³-hybridized carbons (Fsp3) is 0.500. The summed E-state index contributed by atoms with van der Waals surface area (Å²) in [5.41, 5.74) is 7.63. The van der Waals surface area contributed by atoms with Crippen molar-refractivity contribution in [3.63, 3.8) is 0 Å². The Labute approximate surface area is 160 Å². The Hall–Kier alpha value is -1.92. The second kappa shape index (κ2) is 9.14. The van der Waals surface area contributed by atoms with Crippen LogP contribution in [0, 0.1) is 0 Å². The molecule has 26 heavy (non-hydrogen) atoms. The minimum atomic E-state index is -0.0825. The molecule has 6 heteroatoms. The van der Waals surface area contributed by atoms with E-state index >= 15 is 0 Å². The summed E-state index contributed by atoms with van der Waals surface area (Å²) in [7, 11) is 1.67. The molecule has 3 N–H and O–H groups in total. The van der Waals surface area contributed by atoms with Crippen LogP contribution >= 0.6 is 11.3 Å². The second-order valence-corrected chi connectivity index (χ2v) is 8.44. The van der Waals surface area contributed by atoms with Crippen molar-refractivity contribution in [3.05, 3.63) is 40.4 Å². The summed E-state index contributed by atoms with van der Waals surface area (Å²) >= 11 is 1.56. The molecule has 1 aromatic heterocycles. The Morgan fingerprint density at radius 1 is 1.23 bits per heavy atom. The molecular formula is C20H29N3O2S. The van der Waals surface area contributed by atoms with Crippen molar-refractivity contribution in [2.45, 2.75) is 51.9 Å². The first-order valence-corrected chi connectivity index (χ1v) is 9.78. The first kappa shape index (κ1) is 20.4. The highest BCUT2D eigenvalue weighted by Gasteiger charge is 2.24. The quantitative estimate of drug-likeness (QED) is 0.681. The molecule has 0 saturated heterocycles. The molecule has 0 bridgehead atoms. The topological polar surface area (TPSA) is 77.2 Å². The maximum atomic E-state index is 12.1. The highest BCUT2D eigenvalue weighted by molar-refractivity contribution is 7.15. The Morgan fingerprint density at radius 2 is 1.92 bits per heavy atom. The molecule has 0 aliphatic heterocycles. The monoisotopic (exact) mass is 375 g/mol. The Bertz CT molecular complexity index is 718. The molecule has 0 aliphatic rings. The van der Waals surface area contributed by atoms with Gasteiger partial charge in [-0.25, -0.2) is 4.98 Å². The third kappa shape index (κ3) is 5.81. The standard InChI is InChI=1S/C20H29N3O2S/c1-20(2,3)18-16(13-14-8-10-15(25-4)11-9-14)26-19(23-18)22-17(24)7-5-6-12-21/h8-11H,5-7,12-13,21H2,1-4H3,(H,22,23,24). The van der Waals surface area contributed by atoms with Gasteiger partial charge in [-0.2, -0.15) is 0 Å². The van der Waals surface area contributed by atoms with Gasteiger partial charge in [0.05, 0.1) is 12.8 Å². The molecule has 0 aliphatic carbocycles. The van der Waals surface area contributed by atoms with Crippen LogP contribution in [0.5, 0.6) is 5.75 Å². The number of thiazole rings is 1. The Balaban J connectivity index is 2.16. The van der Waals surface area contributed by atoms with Gasteiger partial charge < -0.3 is 15.8 Å². The molecule has 0 unspecified atom stereocenters. The lowest BCUT2D eigenvalue weighted by molar-refractivity contribution is -0.116. The van der Waals surface area contributed by atoms with Crippen LogP contribution in [0.15, 0.2) is 24.3 Å². The van der Waals surface area contributed by atoms with Crippen molar-refractivity contribution >= 4 is 22.4 Å². The molecule has 1 aromatic carbocycles. The number of hydrogen-bond donors (Lipinski definition) is 2. The van der Waals surface area contributed by atoms with Crippen molar-refractivity contribution in [2.75, 3.05) is 19.0 Å². The first-order valence-electron chi connectivity index (χ1n) is 8.96. The molecular weight excluding hydrogens is 346 g/mol. The molecule has 0 atom stereocenters. The molecule has 2 aromatic rings. The minimum absolute atomic E-state index is 0.00339. The number of methoxy groups -OCH3 is 1. The lowest BCUT2D eigenvalue weighted by Gasteiger charge is -2.17. The van der Waals surface area contributed by atoms with Crippen molar-refractivity contribution < 1.29 is 9.53 Å². The SMILES string of the molecule is COc1ccc(Cc2sc(NC(=O)CCCCN)nc2C(C)(C)C)cc1. The molecule has 0 saturated carbocycles. The van der Waals surface area contributed by atoms with Crippen LogP contribution in [0.25, 0.3) is 0 Å². The summed E-state index contributed by atoms with van der Waals surface area (Å²) in [6.45, 7) is 7.05. The molecule has 1 heterocycles. The number of nitrogens with zero attached hydrogens (tertiary/aromatic N) is 1. The van der Waals surface area contributed by atoms with E-state index in [1.807, 2.05) is 12.1 Å². The van der Waals surface area contributed by atoms with E-state index in [9.17, 15) is 4.79 Å². The van der Waals surface area contributed by atoms with Gasteiger partial charge >= 0.3 is 0 Å². The van der Waals surface area contributed by atoms with Gasteiger partial charge in [-0.3, -0.25) is 4.79 Å². The Kier molecular flexibility index (Phi) is 7.17. The number of nitrogens with two attached hydrogens (primary N) is 1. The number of nitrogens with one attached hydrogen (secondary N) is 1. The fourth-order valence-corrected chi connectivity index (χ4v) is 3.87. The summed E-state index contributed by atoms with van der Waals surface area (Å²) < 4.78 is 5.22. The van der Waals surface area contributed by atoms with Gasteiger partial charge in [-0.1, -0.05) is 32.9 Å². The van der Waals surface area contributed by atoms with Crippen LogP contribution < -0.4 is 15.8 Å². The number of rotatable bonds is 8. The molecule has 5 nitrogen and oxygen atoms in total. The average molecular weight is 376 g/mol. The van der Waals surface area contributed by atoms with E-state index in [2.05, 4.69) is 38.2 Å². The molecule has 142 valence electrons. The van der Waals surface area contributed by atoms with Crippen LogP contribution in [-0.2, 0) is 16.6 Å². The van der Waals surface area contributed by atoms with Crippen LogP contribution in [0.3, 0.4) is 0 Å². The van der Waals surface area contributed by atoms with Crippen LogP contribution in [0.4, 0.5) is 5.13 Å². The van der Waals surface area contributed by atoms with E-state index in [4.69, 9.17) is 15.5 Å². The van der Waals surface area contributed by atoms with E-state index < -0.39 is 0 Å². The maximum absolute atomic E-state index is 12.1. The van der Waals surface area contributed by atoms with Gasteiger partial charge in [0, 0.05) is 23.1 Å². The van der Waals surface area contributed by atoms with Gasteiger partial charge in [0.1, 0.15) is 5.75 Å². The second-order valence-electron chi connectivity index (χ2n) is 7.36. The van der Waals surface area contributed by atoms with Crippen LogP contribution in [0.2, 0.25) is 0 Å². The lowest BCUT2D eigenvalue weighted by atomic mass is 9.90. The zero-order valence-corrected chi connectivity index (χ0v) is 16.9. The summed E-state index contributed by atoms with van der Waals surface area (Å²) in [5.74, 6) is 0.850. The number of benzene rings is 1.